The van der Waals surface area contributed by atoms with E-state index < -0.39 is 10.0 Å². The summed E-state index contributed by atoms with van der Waals surface area (Å²) in [7, 11) is -3.81. The lowest BCUT2D eigenvalue weighted by molar-refractivity contribution is -0.128. The van der Waals surface area contributed by atoms with Crippen LogP contribution in [0.4, 0.5) is 0 Å². The molecule has 0 saturated carbocycles. The van der Waals surface area contributed by atoms with Gasteiger partial charge in [0.2, 0.25) is 15.9 Å². The lowest BCUT2D eigenvalue weighted by Crippen LogP contribution is -2.38. The SMILES string of the molecule is O=C(CNS(=O)(=O)c1cccnc1Cl)N1CCCC1. The zero-order chi connectivity index (χ0) is 13.9. The van der Waals surface area contributed by atoms with Crippen molar-refractivity contribution in [2.45, 2.75) is 17.7 Å². The Bertz CT molecular complexity index is 570. The zero-order valence-electron chi connectivity index (χ0n) is 10.2. The molecule has 8 heteroatoms. The van der Waals surface area contributed by atoms with Crippen molar-refractivity contribution in [1.82, 2.24) is 14.6 Å². The van der Waals surface area contributed by atoms with Crippen molar-refractivity contribution in [1.29, 1.82) is 0 Å². The summed E-state index contributed by atoms with van der Waals surface area (Å²) in [4.78, 5) is 17.0. The number of carbonyl (C=O) groups is 1. The van der Waals surface area contributed by atoms with Crippen LogP contribution >= 0.6 is 11.6 Å². The Morgan fingerprint density at radius 3 is 2.74 bits per heavy atom. The van der Waals surface area contributed by atoms with E-state index in [4.69, 9.17) is 11.6 Å². The average Bonchev–Trinajstić information content (AvgIpc) is 2.90. The Hall–Kier alpha value is -1.18. The van der Waals surface area contributed by atoms with E-state index in [2.05, 4.69) is 9.71 Å². The van der Waals surface area contributed by atoms with Gasteiger partial charge in [-0.3, -0.25) is 4.79 Å². The number of hydrogen-bond donors (Lipinski definition) is 1. The number of pyridine rings is 1. The van der Waals surface area contributed by atoms with E-state index in [-0.39, 0.29) is 22.5 Å². The first-order valence-electron chi connectivity index (χ1n) is 5.89. The Balaban J connectivity index is 2.02. The molecule has 6 nitrogen and oxygen atoms in total. The van der Waals surface area contributed by atoms with Gasteiger partial charge in [-0.2, -0.15) is 0 Å². The minimum atomic E-state index is -3.81. The second kappa shape index (κ2) is 5.85. The molecule has 1 aromatic heterocycles. The van der Waals surface area contributed by atoms with Gasteiger partial charge in [-0.1, -0.05) is 11.6 Å². The Kier molecular flexibility index (Phi) is 4.38. The van der Waals surface area contributed by atoms with Crippen molar-refractivity contribution >= 4 is 27.5 Å². The predicted octanol–water partition coefficient (Wildman–Crippen LogP) is 0.636. The van der Waals surface area contributed by atoms with Gasteiger partial charge in [-0.15, -0.1) is 0 Å². The third kappa shape index (κ3) is 3.43. The van der Waals surface area contributed by atoms with Crippen LogP contribution in [0, 0.1) is 0 Å². The predicted molar refractivity (Wildman–Crippen MR) is 70.2 cm³/mol. The summed E-state index contributed by atoms with van der Waals surface area (Å²) in [5.41, 5.74) is 0. The molecule has 1 amide bonds. The summed E-state index contributed by atoms with van der Waals surface area (Å²) in [6.45, 7) is 1.12. The molecule has 1 saturated heterocycles. The number of likely N-dealkylation sites (tertiary alicyclic amines) is 1. The first-order valence-corrected chi connectivity index (χ1v) is 7.75. The number of aromatic nitrogens is 1. The van der Waals surface area contributed by atoms with Crippen LogP contribution in [0.25, 0.3) is 0 Å². The Labute approximate surface area is 116 Å². The summed E-state index contributed by atoms with van der Waals surface area (Å²) < 4.78 is 26.2. The standard InChI is InChI=1S/C11H14ClN3O3S/c12-11-9(4-3-5-13-11)19(17,18)14-8-10(16)15-6-1-2-7-15/h3-5,14H,1-2,6-8H2. The van der Waals surface area contributed by atoms with Crippen LogP contribution in [0.3, 0.4) is 0 Å². The minimum absolute atomic E-state index is 0.108. The van der Waals surface area contributed by atoms with Crippen LogP contribution in [0.15, 0.2) is 23.2 Å². The quantitative estimate of drug-likeness (QED) is 0.828. The molecular formula is C11H14ClN3O3S. The van der Waals surface area contributed by atoms with E-state index in [1.165, 1.54) is 18.3 Å². The molecule has 1 aromatic rings. The molecule has 0 radical (unpaired) electrons. The van der Waals surface area contributed by atoms with Crippen molar-refractivity contribution in [3.63, 3.8) is 0 Å². The summed E-state index contributed by atoms with van der Waals surface area (Å²) in [5, 5.41) is -0.108. The molecule has 0 bridgehead atoms. The number of carbonyl (C=O) groups excluding carboxylic acids is 1. The molecular weight excluding hydrogens is 290 g/mol. The largest absolute Gasteiger partial charge is 0.342 e. The van der Waals surface area contributed by atoms with Gasteiger partial charge >= 0.3 is 0 Å². The first kappa shape index (κ1) is 14.2. The van der Waals surface area contributed by atoms with Crippen LogP contribution in [0.2, 0.25) is 5.15 Å². The minimum Gasteiger partial charge on any atom is -0.342 e. The van der Waals surface area contributed by atoms with Gasteiger partial charge < -0.3 is 4.90 Å². The van der Waals surface area contributed by atoms with Crippen molar-refractivity contribution in [3.8, 4) is 0 Å². The fraction of sp³-hybridized carbons (Fsp3) is 0.455. The molecule has 0 aliphatic carbocycles. The molecule has 1 N–H and O–H groups in total. The van der Waals surface area contributed by atoms with Gasteiger partial charge in [0.05, 0.1) is 6.54 Å². The molecule has 0 aromatic carbocycles. The number of nitrogens with zero attached hydrogens (tertiary/aromatic N) is 2. The monoisotopic (exact) mass is 303 g/mol. The molecule has 2 rings (SSSR count). The average molecular weight is 304 g/mol. The van der Waals surface area contributed by atoms with E-state index in [0.717, 1.165) is 12.8 Å². The van der Waals surface area contributed by atoms with Crippen LogP contribution in [0.5, 0.6) is 0 Å². The maximum atomic E-state index is 12.0. The van der Waals surface area contributed by atoms with E-state index in [9.17, 15) is 13.2 Å². The van der Waals surface area contributed by atoms with Crippen LogP contribution < -0.4 is 4.72 Å². The van der Waals surface area contributed by atoms with Crippen molar-refractivity contribution < 1.29 is 13.2 Å². The number of sulfonamides is 1. The Morgan fingerprint density at radius 1 is 1.42 bits per heavy atom. The van der Waals surface area contributed by atoms with Crippen LogP contribution in [-0.4, -0.2) is 43.8 Å². The molecule has 104 valence electrons. The third-order valence-corrected chi connectivity index (χ3v) is 4.73. The summed E-state index contributed by atoms with van der Waals surface area (Å²) in [6.07, 6.45) is 3.33. The fourth-order valence-corrected chi connectivity index (χ4v) is 3.31. The Morgan fingerprint density at radius 2 is 2.11 bits per heavy atom. The number of rotatable bonds is 4. The molecule has 19 heavy (non-hydrogen) atoms. The number of halogens is 1. The normalized spacial score (nSPS) is 15.7. The highest BCUT2D eigenvalue weighted by Gasteiger charge is 2.22. The number of nitrogens with one attached hydrogen (secondary N) is 1. The molecule has 0 spiro atoms. The zero-order valence-corrected chi connectivity index (χ0v) is 11.7. The lowest BCUT2D eigenvalue weighted by Gasteiger charge is -2.15. The van der Waals surface area contributed by atoms with E-state index in [0.29, 0.717) is 13.1 Å². The van der Waals surface area contributed by atoms with Crippen molar-refractivity contribution in [2.75, 3.05) is 19.6 Å². The van der Waals surface area contributed by atoms with E-state index >= 15 is 0 Å². The molecule has 1 aliphatic heterocycles. The molecule has 0 unspecified atom stereocenters. The summed E-state index contributed by atoms with van der Waals surface area (Å²) >= 11 is 5.73. The number of amides is 1. The van der Waals surface area contributed by atoms with Gasteiger partial charge in [-0.25, -0.2) is 18.1 Å². The van der Waals surface area contributed by atoms with Crippen molar-refractivity contribution in [3.05, 3.63) is 23.5 Å². The highest BCUT2D eigenvalue weighted by Crippen LogP contribution is 2.17. The van der Waals surface area contributed by atoms with Gasteiger partial charge in [0.15, 0.2) is 0 Å². The summed E-state index contributed by atoms with van der Waals surface area (Å²) in [6, 6.07) is 2.82. The smallest absolute Gasteiger partial charge is 0.244 e. The maximum Gasteiger partial charge on any atom is 0.244 e. The second-order valence-corrected chi connectivity index (χ2v) is 6.30. The highest BCUT2D eigenvalue weighted by atomic mass is 35.5. The van der Waals surface area contributed by atoms with Gasteiger partial charge in [0.25, 0.3) is 0 Å². The van der Waals surface area contributed by atoms with E-state index in [1.54, 1.807) is 4.90 Å². The van der Waals surface area contributed by atoms with E-state index in [1.807, 2.05) is 0 Å². The van der Waals surface area contributed by atoms with Gasteiger partial charge in [0.1, 0.15) is 10.0 Å². The molecule has 0 atom stereocenters. The van der Waals surface area contributed by atoms with Crippen molar-refractivity contribution in [2.24, 2.45) is 0 Å². The van der Waals surface area contributed by atoms with Gasteiger partial charge in [0, 0.05) is 19.3 Å². The lowest BCUT2D eigenvalue weighted by atomic mass is 10.4. The topological polar surface area (TPSA) is 79.4 Å². The first-order chi connectivity index (χ1) is 9.00. The highest BCUT2D eigenvalue weighted by molar-refractivity contribution is 7.89. The fourth-order valence-electron chi connectivity index (χ4n) is 1.88. The van der Waals surface area contributed by atoms with Crippen LogP contribution in [0.1, 0.15) is 12.8 Å². The van der Waals surface area contributed by atoms with Crippen LogP contribution in [-0.2, 0) is 14.8 Å². The molecule has 1 aliphatic rings. The molecule has 1 fully saturated rings. The second-order valence-electron chi connectivity index (χ2n) is 4.20. The maximum absolute atomic E-state index is 12.0. The third-order valence-electron chi connectivity index (χ3n) is 2.89. The molecule has 2 heterocycles. The van der Waals surface area contributed by atoms with Gasteiger partial charge in [-0.05, 0) is 25.0 Å². The summed E-state index contributed by atoms with van der Waals surface area (Å²) in [5.74, 6) is -0.221. The number of hydrogen-bond acceptors (Lipinski definition) is 4.